The molecule has 0 aliphatic carbocycles. The van der Waals surface area contributed by atoms with Crippen LogP contribution in [0.25, 0.3) is 22.4 Å². The van der Waals surface area contributed by atoms with E-state index in [1.165, 1.54) is 18.1 Å². The zero-order valence-electron chi connectivity index (χ0n) is 15.9. The van der Waals surface area contributed by atoms with Gasteiger partial charge in [0.15, 0.2) is 11.5 Å². The third-order valence-corrected chi connectivity index (χ3v) is 5.70. The normalized spacial score (nSPS) is 10.7. The van der Waals surface area contributed by atoms with E-state index in [-0.39, 0.29) is 11.7 Å². The third-order valence-electron chi connectivity index (χ3n) is 4.17. The molecule has 4 rings (SSSR count). The van der Waals surface area contributed by atoms with Gasteiger partial charge in [-0.2, -0.15) is 0 Å². The molecule has 0 bridgehead atoms. The van der Waals surface area contributed by atoms with Crippen LogP contribution in [0.3, 0.4) is 0 Å². The Bertz CT molecular complexity index is 1190. The van der Waals surface area contributed by atoms with Crippen LogP contribution in [0.4, 0.5) is 5.69 Å². The first kappa shape index (κ1) is 20.2. The highest BCUT2D eigenvalue weighted by Gasteiger charge is 2.11. The Morgan fingerprint density at radius 1 is 1.07 bits per heavy atom. The number of nitrogens with one attached hydrogen (secondary N) is 1. The first-order valence-corrected chi connectivity index (χ1v) is 10.7. The number of benzene rings is 2. The molecule has 1 amide bonds. The summed E-state index contributed by atoms with van der Waals surface area (Å²) in [7, 11) is 1.62. The van der Waals surface area contributed by atoms with Crippen molar-refractivity contribution in [1.29, 1.82) is 0 Å². The monoisotopic (exact) mass is 481 g/mol. The number of aromatic nitrogens is 4. The summed E-state index contributed by atoms with van der Waals surface area (Å²) in [4.78, 5) is 29.8. The summed E-state index contributed by atoms with van der Waals surface area (Å²) in [6.07, 6.45) is 3.14. The van der Waals surface area contributed by atoms with Crippen molar-refractivity contribution >= 4 is 50.3 Å². The van der Waals surface area contributed by atoms with Crippen molar-refractivity contribution in [1.82, 2.24) is 19.9 Å². The summed E-state index contributed by atoms with van der Waals surface area (Å²) in [6.45, 7) is 0. The summed E-state index contributed by atoms with van der Waals surface area (Å²) < 4.78 is 6.14. The minimum atomic E-state index is -0.121. The minimum absolute atomic E-state index is 0.121. The maximum atomic E-state index is 12.3. The van der Waals surface area contributed by atoms with E-state index < -0.39 is 0 Å². The average molecular weight is 482 g/mol. The van der Waals surface area contributed by atoms with Gasteiger partial charge in [0.1, 0.15) is 17.1 Å². The number of methoxy groups -OCH3 is 1. The number of thioether (sulfide) groups is 1. The van der Waals surface area contributed by atoms with Gasteiger partial charge < -0.3 is 10.1 Å². The second-order valence-electron chi connectivity index (χ2n) is 6.18. The Hall–Kier alpha value is -3.04. The highest BCUT2D eigenvalue weighted by molar-refractivity contribution is 9.10. The van der Waals surface area contributed by atoms with Crippen LogP contribution in [0.5, 0.6) is 5.75 Å². The van der Waals surface area contributed by atoms with Gasteiger partial charge >= 0.3 is 0 Å². The molecule has 0 saturated carbocycles. The first-order valence-electron chi connectivity index (χ1n) is 8.93. The predicted octanol–water partition coefficient (Wildman–Crippen LogP) is 4.59. The van der Waals surface area contributed by atoms with Gasteiger partial charge in [-0.15, -0.1) is 0 Å². The number of anilines is 1. The number of ether oxygens (including phenoxy) is 1. The van der Waals surface area contributed by atoms with E-state index in [4.69, 9.17) is 4.74 Å². The van der Waals surface area contributed by atoms with E-state index in [1.807, 2.05) is 48.5 Å². The molecule has 2 aromatic heterocycles. The summed E-state index contributed by atoms with van der Waals surface area (Å²) in [5.74, 6) is 1.42. The van der Waals surface area contributed by atoms with E-state index in [0.29, 0.717) is 21.9 Å². The quantitative estimate of drug-likeness (QED) is 0.318. The molecule has 0 atom stereocenters. The summed E-state index contributed by atoms with van der Waals surface area (Å²) in [5, 5.41) is 4.23. The van der Waals surface area contributed by atoms with Crippen molar-refractivity contribution in [3.8, 4) is 17.1 Å². The maximum Gasteiger partial charge on any atom is 0.234 e. The lowest BCUT2D eigenvalue weighted by molar-refractivity contribution is -0.113. The van der Waals surface area contributed by atoms with Crippen LogP contribution >= 0.6 is 27.7 Å². The molecule has 30 heavy (non-hydrogen) atoms. The Labute approximate surface area is 185 Å². The number of hydrogen-bond donors (Lipinski definition) is 1. The fraction of sp³-hybridized carbons (Fsp3) is 0.0952. The second kappa shape index (κ2) is 9.19. The van der Waals surface area contributed by atoms with Crippen LogP contribution < -0.4 is 10.1 Å². The smallest absolute Gasteiger partial charge is 0.234 e. The number of hydrogen-bond acceptors (Lipinski definition) is 7. The molecule has 2 aromatic carbocycles. The molecule has 0 radical (unpaired) electrons. The SMILES string of the molecule is COc1ccc(-c2ncc3c(SCC(=O)Nc4ccc(Br)cc4)ncnc3n2)cc1. The topological polar surface area (TPSA) is 89.9 Å². The van der Waals surface area contributed by atoms with Crippen molar-refractivity contribution < 1.29 is 9.53 Å². The van der Waals surface area contributed by atoms with Gasteiger partial charge in [0, 0.05) is 21.9 Å². The Morgan fingerprint density at radius 2 is 1.83 bits per heavy atom. The average Bonchev–Trinajstić information content (AvgIpc) is 2.79. The number of amides is 1. The summed E-state index contributed by atoms with van der Waals surface area (Å²) in [5.41, 5.74) is 2.13. The number of rotatable bonds is 6. The van der Waals surface area contributed by atoms with Crippen LogP contribution in [-0.4, -0.2) is 38.7 Å². The summed E-state index contributed by atoms with van der Waals surface area (Å²) in [6, 6.07) is 14.9. The molecule has 0 aliphatic heterocycles. The lowest BCUT2D eigenvalue weighted by Gasteiger charge is -2.07. The van der Waals surface area contributed by atoms with Crippen molar-refractivity contribution in [3.63, 3.8) is 0 Å². The molecule has 150 valence electrons. The van der Waals surface area contributed by atoms with E-state index in [2.05, 4.69) is 41.2 Å². The van der Waals surface area contributed by atoms with Gasteiger partial charge in [0.2, 0.25) is 5.91 Å². The molecule has 9 heteroatoms. The molecule has 0 aliphatic rings. The van der Waals surface area contributed by atoms with Crippen molar-refractivity contribution in [2.45, 2.75) is 5.03 Å². The van der Waals surface area contributed by atoms with Gasteiger partial charge in [-0.05, 0) is 48.5 Å². The van der Waals surface area contributed by atoms with Crippen LogP contribution in [0.2, 0.25) is 0 Å². The first-order chi connectivity index (χ1) is 14.6. The molecule has 2 heterocycles. The number of carbonyl (C=O) groups is 1. The lowest BCUT2D eigenvalue weighted by atomic mass is 10.2. The van der Waals surface area contributed by atoms with E-state index >= 15 is 0 Å². The molecular weight excluding hydrogens is 466 g/mol. The summed E-state index contributed by atoms with van der Waals surface area (Å²) >= 11 is 4.69. The fourth-order valence-electron chi connectivity index (χ4n) is 2.69. The number of halogens is 1. The van der Waals surface area contributed by atoms with Gasteiger partial charge in [0.25, 0.3) is 0 Å². The van der Waals surface area contributed by atoms with E-state index in [9.17, 15) is 4.79 Å². The van der Waals surface area contributed by atoms with Gasteiger partial charge in [-0.3, -0.25) is 4.79 Å². The van der Waals surface area contributed by atoms with Crippen molar-refractivity contribution in [2.75, 3.05) is 18.2 Å². The lowest BCUT2D eigenvalue weighted by Crippen LogP contribution is -2.14. The standard InChI is InChI=1S/C21H16BrN5O2S/c1-29-16-8-2-13(3-9-16)19-23-10-17-20(27-19)24-12-25-21(17)30-11-18(28)26-15-6-4-14(22)5-7-15/h2-10,12H,11H2,1H3,(H,26,28). The minimum Gasteiger partial charge on any atom is -0.497 e. The second-order valence-corrected chi connectivity index (χ2v) is 8.06. The highest BCUT2D eigenvalue weighted by Crippen LogP contribution is 2.26. The molecule has 0 unspecified atom stereocenters. The molecule has 7 nitrogen and oxygen atoms in total. The number of fused-ring (bicyclic) bond motifs is 1. The Kier molecular flexibility index (Phi) is 6.20. The van der Waals surface area contributed by atoms with Gasteiger partial charge in [0.05, 0.1) is 18.2 Å². The van der Waals surface area contributed by atoms with Crippen LogP contribution in [0, 0.1) is 0 Å². The van der Waals surface area contributed by atoms with Gasteiger partial charge in [-0.25, -0.2) is 19.9 Å². The fourth-order valence-corrected chi connectivity index (χ4v) is 3.71. The van der Waals surface area contributed by atoms with Gasteiger partial charge in [-0.1, -0.05) is 27.7 Å². The number of nitrogens with zero attached hydrogens (tertiary/aromatic N) is 4. The zero-order chi connectivity index (χ0) is 20.9. The molecule has 0 spiro atoms. The van der Waals surface area contributed by atoms with Crippen molar-refractivity contribution in [2.24, 2.45) is 0 Å². The molecule has 0 saturated heterocycles. The molecule has 4 aromatic rings. The maximum absolute atomic E-state index is 12.3. The number of carbonyl (C=O) groups excluding carboxylic acids is 1. The van der Waals surface area contributed by atoms with Crippen LogP contribution in [-0.2, 0) is 4.79 Å². The largest absolute Gasteiger partial charge is 0.497 e. The molecular formula is C21H16BrN5O2S. The van der Waals surface area contributed by atoms with E-state index in [0.717, 1.165) is 21.5 Å². The third kappa shape index (κ3) is 4.74. The van der Waals surface area contributed by atoms with Crippen LogP contribution in [0.1, 0.15) is 0 Å². The zero-order valence-corrected chi connectivity index (χ0v) is 18.3. The molecule has 1 N–H and O–H groups in total. The Morgan fingerprint density at radius 3 is 2.57 bits per heavy atom. The van der Waals surface area contributed by atoms with E-state index in [1.54, 1.807) is 13.3 Å². The Balaban J connectivity index is 1.49. The molecule has 0 fully saturated rings. The van der Waals surface area contributed by atoms with Crippen molar-refractivity contribution in [3.05, 3.63) is 65.5 Å². The predicted molar refractivity (Wildman–Crippen MR) is 121 cm³/mol. The van der Waals surface area contributed by atoms with Crippen LogP contribution in [0.15, 0.2) is 70.6 Å². The highest BCUT2D eigenvalue weighted by atomic mass is 79.9.